The molecular weight excluding hydrogens is 276 g/mol. The van der Waals surface area contributed by atoms with Crippen LogP contribution in [0.15, 0.2) is 29.4 Å². The summed E-state index contributed by atoms with van der Waals surface area (Å²) in [6, 6.07) is 8.19. The lowest BCUT2D eigenvalue weighted by atomic mass is 10.00. The highest BCUT2D eigenvalue weighted by Gasteiger charge is 2.26. The van der Waals surface area contributed by atoms with Crippen molar-refractivity contribution in [3.8, 4) is 0 Å². The molecule has 4 heteroatoms. The number of hydrogen-bond acceptors (Lipinski definition) is 3. The highest BCUT2D eigenvalue weighted by molar-refractivity contribution is 6.02. The SMILES string of the molecule is CCN(C[C@H]1CC(c2ccccc2C)=NO1)C(=O)CC(C)C. The van der Waals surface area contributed by atoms with Gasteiger partial charge in [0.25, 0.3) is 0 Å². The van der Waals surface area contributed by atoms with Crippen molar-refractivity contribution in [3.05, 3.63) is 35.4 Å². The Bertz CT molecular complexity index is 552. The maximum absolute atomic E-state index is 12.2. The zero-order valence-electron chi connectivity index (χ0n) is 14.0. The number of aryl methyl sites for hydroxylation is 1. The molecule has 1 amide bonds. The molecule has 2 rings (SSSR count). The van der Waals surface area contributed by atoms with Crippen LogP contribution in [0.2, 0.25) is 0 Å². The van der Waals surface area contributed by atoms with Gasteiger partial charge < -0.3 is 9.74 Å². The van der Waals surface area contributed by atoms with E-state index in [4.69, 9.17) is 4.84 Å². The first kappa shape index (κ1) is 16.5. The monoisotopic (exact) mass is 302 g/mol. The molecule has 0 aromatic heterocycles. The molecule has 1 aliphatic heterocycles. The topological polar surface area (TPSA) is 41.9 Å². The van der Waals surface area contributed by atoms with E-state index in [0.717, 1.165) is 17.7 Å². The largest absolute Gasteiger partial charge is 0.390 e. The van der Waals surface area contributed by atoms with Gasteiger partial charge in [0.1, 0.15) is 0 Å². The van der Waals surface area contributed by atoms with Gasteiger partial charge in [-0.3, -0.25) is 4.79 Å². The van der Waals surface area contributed by atoms with Crippen molar-refractivity contribution < 1.29 is 9.63 Å². The Morgan fingerprint density at radius 3 is 2.77 bits per heavy atom. The number of amides is 1. The van der Waals surface area contributed by atoms with Crippen molar-refractivity contribution >= 4 is 11.6 Å². The summed E-state index contributed by atoms with van der Waals surface area (Å²) >= 11 is 0. The van der Waals surface area contributed by atoms with Crippen LogP contribution in [0.3, 0.4) is 0 Å². The van der Waals surface area contributed by atoms with Crippen molar-refractivity contribution in [1.29, 1.82) is 0 Å². The third-order valence-electron chi connectivity index (χ3n) is 3.93. The van der Waals surface area contributed by atoms with Crippen LogP contribution in [0, 0.1) is 12.8 Å². The van der Waals surface area contributed by atoms with E-state index in [-0.39, 0.29) is 12.0 Å². The maximum Gasteiger partial charge on any atom is 0.222 e. The van der Waals surface area contributed by atoms with E-state index in [2.05, 4.69) is 38.1 Å². The van der Waals surface area contributed by atoms with Crippen LogP contribution >= 0.6 is 0 Å². The number of likely N-dealkylation sites (N-methyl/N-ethyl adjacent to an activating group) is 1. The Morgan fingerprint density at radius 1 is 1.41 bits per heavy atom. The smallest absolute Gasteiger partial charge is 0.222 e. The minimum atomic E-state index is -0.0364. The van der Waals surface area contributed by atoms with Crippen LogP contribution in [0.4, 0.5) is 0 Å². The lowest BCUT2D eigenvalue weighted by molar-refractivity contribution is -0.133. The third kappa shape index (κ3) is 4.09. The summed E-state index contributed by atoms with van der Waals surface area (Å²) in [7, 11) is 0. The van der Waals surface area contributed by atoms with Crippen LogP contribution in [0.5, 0.6) is 0 Å². The van der Waals surface area contributed by atoms with Crippen LogP contribution in [0.25, 0.3) is 0 Å². The molecule has 1 aromatic carbocycles. The Morgan fingerprint density at radius 2 is 2.14 bits per heavy atom. The van der Waals surface area contributed by atoms with Gasteiger partial charge in [0.15, 0.2) is 6.10 Å². The number of oxime groups is 1. The molecule has 0 unspecified atom stereocenters. The second-order valence-electron chi connectivity index (χ2n) is 6.31. The third-order valence-corrected chi connectivity index (χ3v) is 3.93. The Labute approximate surface area is 133 Å². The molecule has 1 heterocycles. The Kier molecular flexibility index (Phi) is 5.58. The van der Waals surface area contributed by atoms with Crippen molar-refractivity contribution in [2.75, 3.05) is 13.1 Å². The zero-order chi connectivity index (χ0) is 16.1. The van der Waals surface area contributed by atoms with Crippen molar-refractivity contribution in [2.45, 2.75) is 46.6 Å². The van der Waals surface area contributed by atoms with E-state index in [1.54, 1.807) is 0 Å². The molecule has 1 aliphatic rings. The second kappa shape index (κ2) is 7.43. The normalized spacial score (nSPS) is 17.3. The number of carbonyl (C=O) groups is 1. The average molecular weight is 302 g/mol. The first-order valence-electron chi connectivity index (χ1n) is 8.07. The predicted octanol–water partition coefficient (Wildman–Crippen LogP) is 3.38. The highest BCUT2D eigenvalue weighted by Crippen LogP contribution is 2.20. The molecule has 0 fully saturated rings. The molecule has 0 bridgehead atoms. The molecule has 0 radical (unpaired) electrons. The predicted molar refractivity (Wildman–Crippen MR) is 88.9 cm³/mol. The second-order valence-corrected chi connectivity index (χ2v) is 6.31. The van der Waals surface area contributed by atoms with Gasteiger partial charge in [-0.15, -0.1) is 0 Å². The van der Waals surface area contributed by atoms with Gasteiger partial charge >= 0.3 is 0 Å². The average Bonchev–Trinajstić information content (AvgIpc) is 2.92. The van der Waals surface area contributed by atoms with Crippen LogP contribution in [0.1, 0.15) is 44.7 Å². The quantitative estimate of drug-likeness (QED) is 0.808. The van der Waals surface area contributed by atoms with Gasteiger partial charge in [-0.25, -0.2) is 0 Å². The van der Waals surface area contributed by atoms with Gasteiger partial charge in [0, 0.05) is 24.9 Å². The van der Waals surface area contributed by atoms with Crippen molar-refractivity contribution in [3.63, 3.8) is 0 Å². The maximum atomic E-state index is 12.2. The van der Waals surface area contributed by atoms with E-state index in [1.807, 2.05) is 24.0 Å². The van der Waals surface area contributed by atoms with Gasteiger partial charge in [-0.05, 0) is 25.3 Å². The first-order valence-corrected chi connectivity index (χ1v) is 8.07. The molecule has 0 spiro atoms. The van der Waals surface area contributed by atoms with Gasteiger partial charge in [-0.1, -0.05) is 43.3 Å². The number of nitrogens with zero attached hydrogens (tertiary/aromatic N) is 2. The fourth-order valence-electron chi connectivity index (χ4n) is 2.71. The molecule has 0 aliphatic carbocycles. The summed E-state index contributed by atoms with van der Waals surface area (Å²) in [5.74, 6) is 0.579. The van der Waals surface area contributed by atoms with Crippen molar-refractivity contribution in [2.24, 2.45) is 11.1 Å². The lowest BCUT2D eigenvalue weighted by Crippen LogP contribution is -2.38. The van der Waals surface area contributed by atoms with Crippen LogP contribution in [-0.2, 0) is 9.63 Å². The molecule has 4 nitrogen and oxygen atoms in total. The van der Waals surface area contributed by atoms with E-state index in [0.29, 0.717) is 25.4 Å². The Balaban J connectivity index is 1.94. The summed E-state index contributed by atoms with van der Waals surface area (Å²) in [4.78, 5) is 19.6. The molecule has 0 N–H and O–H groups in total. The number of rotatable bonds is 6. The summed E-state index contributed by atoms with van der Waals surface area (Å²) in [5.41, 5.74) is 3.32. The molecule has 1 aromatic rings. The van der Waals surface area contributed by atoms with E-state index >= 15 is 0 Å². The number of benzene rings is 1. The van der Waals surface area contributed by atoms with Gasteiger partial charge in [-0.2, -0.15) is 0 Å². The van der Waals surface area contributed by atoms with E-state index < -0.39 is 0 Å². The van der Waals surface area contributed by atoms with Gasteiger partial charge in [0.05, 0.1) is 12.3 Å². The number of carbonyl (C=O) groups excluding carboxylic acids is 1. The van der Waals surface area contributed by atoms with E-state index in [9.17, 15) is 4.79 Å². The summed E-state index contributed by atoms with van der Waals surface area (Å²) in [5, 5.41) is 4.23. The van der Waals surface area contributed by atoms with Crippen molar-refractivity contribution in [1.82, 2.24) is 4.90 Å². The highest BCUT2D eigenvalue weighted by atomic mass is 16.6. The zero-order valence-corrected chi connectivity index (χ0v) is 14.0. The van der Waals surface area contributed by atoms with Crippen LogP contribution in [-0.4, -0.2) is 35.7 Å². The van der Waals surface area contributed by atoms with Gasteiger partial charge in [0.2, 0.25) is 5.91 Å². The molecule has 0 saturated carbocycles. The minimum Gasteiger partial charge on any atom is -0.390 e. The molecular formula is C18H26N2O2. The first-order chi connectivity index (χ1) is 10.5. The molecule has 1 atom stereocenters. The molecule has 0 saturated heterocycles. The Hall–Kier alpha value is -1.84. The lowest BCUT2D eigenvalue weighted by Gasteiger charge is -2.24. The summed E-state index contributed by atoms with van der Waals surface area (Å²) in [6.07, 6.45) is 1.31. The number of hydrogen-bond donors (Lipinski definition) is 0. The summed E-state index contributed by atoms with van der Waals surface area (Å²) < 4.78 is 0. The summed E-state index contributed by atoms with van der Waals surface area (Å²) in [6.45, 7) is 9.55. The molecule has 120 valence electrons. The minimum absolute atomic E-state index is 0.0364. The standard InChI is InChI=1S/C18H26N2O2/c1-5-20(18(21)10-13(2)3)12-15-11-17(19-22-15)16-9-7-6-8-14(16)4/h6-9,13,15H,5,10-12H2,1-4H3/t15-/m1/s1. The molecule has 22 heavy (non-hydrogen) atoms. The van der Waals surface area contributed by atoms with E-state index in [1.165, 1.54) is 5.56 Å². The fourth-order valence-corrected chi connectivity index (χ4v) is 2.71. The van der Waals surface area contributed by atoms with Crippen LogP contribution < -0.4 is 0 Å². The fraction of sp³-hybridized carbons (Fsp3) is 0.556.